The molecule has 0 atom stereocenters. The fourth-order valence-electron chi connectivity index (χ4n) is 2.18. The molecule has 0 amide bonds. The number of anilines is 1. The van der Waals surface area contributed by atoms with Crippen molar-refractivity contribution in [3.05, 3.63) is 21.6 Å². The van der Waals surface area contributed by atoms with E-state index in [9.17, 15) is 4.79 Å². The van der Waals surface area contributed by atoms with Gasteiger partial charge in [-0.3, -0.25) is 4.79 Å². The molecule has 0 fully saturated rings. The van der Waals surface area contributed by atoms with Crippen LogP contribution in [0.2, 0.25) is 0 Å². The first kappa shape index (κ1) is 7.99. The highest BCUT2D eigenvalue weighted by Gasteiger charge is 2.21. The standard InChI is InChI=1S/C9H12N4O/c14-8-6-5-10-2-1-7(6)13-4-3-11-9(13)12-8/h10H,1-5H2,(H,11,12,14). The third-order valence-electron chi connectivity index (χ3n) is 2.85. The number of hydrogen-bond donors (Lipinski definition) is 2. The van der Waals surface area contributed by atoms with Crippen LogP contribution in [-0.4, -0.2) is 22.6 Å². The number of nitrogens with one attached hydrogen (secondary N) is 2. The van der Waals surface area contributed by atoms with Gasteiger partial charge >= 0.3 is 0 Å². The molecule has 2 aliphatic heterocycles. The van der Waals surface area contributed by atoms with Crippen molar-refractivity contribution in [2.75, 3.05) is 18.4 Å². The summed E-state index contributed by atoms with van der Waals surface area (Å²) >= 11 is 0. The average molecular weight is 192 g/mol. The van der Waals surface area contributed by atoms with Crippen LogP contribution in [0.15, 0.2) is 4.79 Å². The van der Waals surface area contributed by atoms with Crippen LogP contribution in [0, 0.1) is 0 Å². The van der Waals surface area contributed by atoms with Crippen LogP contribution in [-0.2, 0) is 19.5 Å². The number of rotatable bonds is 0. The van der Waals surface area contributed by atoms with Crippen LogP contribution in [0.25, 0.3) is 0 Å². The molecule has 5 heteroatoms. The largest absolute Gasteiger partial charge is 0.354 e. The van der Waals surface area contributed by atoms with Crippen LogP contribution >= 0.6 is 0 Å². The molecule has 0 unspecified atom stereocenters. The zero-order valence-electron chi connectivity index (χ0n) is 7.84. The van der Waals surface area contributed by atoms with Gasteiger partial charge in [-0.15, -0.1) is 0 Å². The van der Waals surface area contributed by atoms with Gasteiger partial charge in [-0.25, -0.2) is 0 Å². The third-order valence-corrected chi connectivity index (χ3v) is 2.85. The van der Waals surface area contributed by atoms with Crippen LogP contribution in [0.1, 0.15) is 11.3 Å². The first-order valence-corrected chi connectivity index (χ1v) is 4.93. The third kappa shape index (κ3) is 0.988. The maximum Gasteiger partial charge on any atom is 0.279 e. The van der Waals surface area contributed by atoms with Gasteiger partial charge in [0.1, 0.15) is 0 Å². The van der Waals surface area contributed by atoms with E-state index >= 15 is 0 Å². The lowest BCUT2D eigenvalue weighted by molar-refractivity contribution is 0.584. The van der Waals surface area contributed by atoms with Gasteiger partial charge in [0.15, 0.2) is 0 Å². The molecule has 0 saturated heterocycles. The van der Waals surface area contributed by atoms with Crippen molar-refractivity contribution < 1.29 is 0 Å². The van der Waals surface area contributed by atoms with E-state index in [1.807, 2.05) is 0 Å². The van der Waals surface area contributed by atoms with Gasteiger partial charge in [0.05, 0.1) is 5.56 Å². The molecular formula is C9H12N4O. The fourth-order valence-corrected chi connectivity index (χ4v) is 2.18. The summed E-state index contributed by atoms with van der Waals surface area (Å²) in [5.41, 5.74) is 1.94. The SMILES string of the molecule is O=c1nc2n(c3c1CNCC3)CCN2. The number of fused-ring (bicyclic) bond motifs is 3. The molecule has 2 N–H and O–H groups in total. The summed E-state index contributed by atoms with van der Waals surface area (Å²) < 4.78 is 2.14. The molecule has 0 aliphatic carbocycles. The minimum atomic E-state index is -0.0761. The second-order valence-corrected chi connectivity index (χ2v) is 3.67. The van der Waals surface area contributed by atoms with Crippen molar-refractivity contribution in [2.45, 2.75) is 19.5 Å². The normalized spacial score (nSPS) is 18.6. The van der Waals surface area contributed by atoms with E-state index in [1.54, 1.807) is 0 Å². The van der Waals surface area contributed by atoms with Crippen molar-refractivity contribution in [1.82, 2.24) is 14.9 Å². The summed E-state index contributed by atoms with van der Waals surface area (Å²) in [5, 5.41) is 6.32. The molecule has 0 spiro atoms. The maximum atomic E-state index is 11.6. The molecule has 0 saturated carbocycles. The Morgan fingerprint density at radius 3 is 3.21 bits per heavy atom. The zero-order valence-corrected chi connectivity index (χ0v) is 7.84. The lowest BCUT2D eigenvalue weighted by Crippen LogP contribution is -2.33. The Balaban J connectivity index is 2.28. The van der Waals surface area contributed by atoms with Gasteiger partial charge < -0.3 is 15.2 Å². The highest BCUT2D eigenvalue weighted by atomic mass is 16.1. The molecule has 0 radical (unpaired) electrons. The van der Waals surface area contributed by atoms with Gasteiger partial charge in [0.2, 0.25) is 5.95 Å². The smallest absolute Gasteiger partial charge is 0.279 e. The quantitative estimate of drug-likeness (QED) is 0.571. The van der Waals surface area contributed by atoms with E-state index in [1.165, 1.54) is 5.69 Å². The molecule has 14 heavy (non-hydrogen) atoms. The fraction of sp³-hybridized carbons (Fsp3) is 0.556. The Morgan fingerprint density at radius 2 is 2.29 bits per heavy atom. The van der Waals surface area contributed by atoms with E-state index in [-0.39, 0.29) is 5.56 Å². The van der Waals surface area contributed by atoms with Crippen molar-refractivity contribution in [3.63, 3.8) is 0 Å². The highest BCUT2D eigenvalue weighted by molar-refractivity contribution is 5.36. The first-order chi connectivity index (χ1) is 6.86. The Kier molecular flexibility index (Phi) is 1.61. The van der Waals surface area contributed by atoms with Crippen LogP contribution in [0.4, 0.5) is 5.95 Å². The summed E-state index contributed by atoms with van der Waals surface area (Å²) in [5.74, 6) is 0.746. The molecule has 3 heterocycles. The lowest BCUT2D eigenvalue weighted by Gasteiger charge is -2.19. The van der Waals surface area contributed by atoms with Crippen molar-refractivity contribution in [3.8, 4) is 0 Å². The van der Waals surface area contributed by atoms with Gasteiger partial charge in [0, 0.05) is 38.3 Å². The maximum absolute atomic E-state index is 11.6. The van der Waals surface area contributed by atoms with Crippen LogP contribution in [0.3, 0.4) is 0 Å². The summed E-state index contributed by atoms with van der Waals surface area (Å²) in [6.45, 7) is 3.44. The Bertz CT molecular complexity index is 437. The van der Waals surface area contributed by atoms with E-state index in [0.29, 0.717) is 6.54 Å². The summed E-state index contributed by atoms with van der Waals surface area (Å²) in [6.07, 6.45) is 0.932. The molecule has 3 rings (SSSR count). The van der Waals surface area contributed by atoms with Crippen molar-refractivity contribution in [1.29, 1.82) is 0 Å². The topological polar surface area (TPSA) is 59.0 Å². The minimum Gasteiger partial charge on any atom is -0.354 e. The van der Waals surface area contributed by atoms with E-state index < -0.39 is 0 Å². The number of nitrogens with zero attached hydrogens (tertiary/aromatic N) is 2. The molecule has 0 bridgehead atoms. The van der Waals surface area contributed by atoms with E-state index in [4.69, 9.17) is 0 Å². The molecule has 1 aromatic heterocycles. The van der Waals surface area contributed by atoms with Gasteiger partial charge in [-0.1, -0.05) is 0 Å². The molecule has 5 nitrogen and oxygen atoms in total. The number of aromatic nitrogens is 2. The average Bonchev–Trinajstić information content (AvgIpc) is 2.66. The van der Waals surface area contributed by atoms with Gasteiger partial charge in [0.25, 0.3) is 5.56 Å². The van der Waals surface area contributed by atoms with Gasteiger partial charge in [-0.05, 0) is 0 Å². The van der Waals surface area contributed by atoms with Gasteiger partial charge in [-0.2, -0.15) is 4.98 Å². The predicted octanol–water partition coefficient (Wildman–Crippen LogP) is -0.686. The Hall–Kier alpha value is -1.36. The summed E-state index contributed by atoms with van der Waals surface area (Å²) in [7, 11) is 0. The molecule has 74 valence electrons. The lowest BCUT2D eigenvalue weighted by atomic mass is 10.1. The van der Waals surface area contributed by atoms with Crippen molar-refractivity contribution in [2.24, 2.45) is 0 Å². The highest BCUT2D eigenvalue weighted by Crippen LogP contribution is 2.17. The zero-order chi connectivity index (χ0) is 9.54. The van der Waals surface area contributed by atoms with Crippen LogP contribution in [0.5, 0.6) is 0 Å². The van der Waals surface area contributed by atoms with E-state index in [2.05, 4.69) is 20.2 Å². The van der Waals surface area contributed by atoms with E-state index in [0.717, 1.165) is 37.6 Å². The second kappa shape index (κ2) is 2.81. The Labute approximate surface area is 81.2 Å². The summed E-state index contributed by atoms with van der Waals surface area (Å²) in [4.78, 5) is 15.6. The molecular weight excluding hydrogens is 180 g/mol. The summed E-state index contributed by atoms with van der Waals surface area (Å²) in [6, 6.07) is 0. The predicted molar refractivity (Wildman–Crippen MR) is 52.4 cm³/mol. The molecule has 2 aliphatic rings. The minimum absolute atomic E-state index is 0.0761. The Morgan fingerprint density at radius 1 is 1.36 bits per heavy atom. The first-order valence-electron chi connectivity index (χ1n) is 4.93. The van der Waals surface area contributed by atoms with Crippen LogP contribution < -0.4 is 16.2 Å². The molecule has 0 aromatic carbocycles. The monoisotopic (exact) mass is 192 g/mol. The van der Waals surface area contributed by atoms with Crippen molar-refractivity contribution >= 4 is 5.95 Å². The molecule has 1 aromatic rings. The second-order valence-electron chi connectivity index (χ2n) is 3.67. The number of hydrogen-bond acceptors (Lipinski definition) is 4.